The van der Waals surface area contributed by atoms with Gasteiger partial charge in [-0.15, -0.1) is 0 Å². The molecule has 18 heavy (non-hydrogen) atoms. The maximum absolute atomic E-state index is 11.8. The van der Waals surface area contributed by atoms with Crippen LogP contribution in [0.4, 0.5) is 13.2 Å². The van der Waals surface area contributed by atoms with E-state index < -0.39 is 18.0 Å². The largest absolute Gasteiger partial charge is 0.471 e. The van der Waals surface area contributed by atoms with Crippen LogP contribution < -0.4 is 10.6 Å². The Morgan fingerprint density at radius 3 is 2.56 bits per heavy atom. The van der Waals surface area contributed by atoms with Crippen molar-refractivity contribution in [3.8, 4) is 0 Å². The van der Waals surface area contributed by atoms with E-state index in [1.807, 2.05) is 0 Å². The van der Waals surface area contributed by atoms with Crippen LogP contribution in [0.15, 0.2) is 0 Å². The Morgan fingerprint density at radius 2 is 2.00 bits per heavy atom. The minimum atomic E-state index is -4.91. The Balaban J connectivity index is 2.08. The first-order valence-corrected chi connectivity index (χ1v) is 5.63. The van der Waals surface area contributed by atoms with E-state index in [0.717, 1.165) is 12.8 Å². The summed E-state index contributed by atoms with van der Waals surface area (Å²) >= 11 is 0. The Kier molecular flexibility index (Phi) is 5.39. The second kappa shape index (κ2) is 6.58. The first kappa shape index (κ1) is 14.7. The lowest BCUT2D eigenvalue weighted by molar-refractivity contribution is -0.173. The zero-order valence-corrected chi connectivity index (χ0v) is 9.68. The van der Waals surface area contributed by atoms with Gasteiger partial charge in [-0.25, -0.2) is 0 Å². The number of hydrogen-bond acceptors (Lipinski definition) is 3. The molecule has 1 heterocycles. The average molecular weight is 268 g/mol. The zero-order valence-electron chi connectivity index (χ0n) is 9.68. The number of nitrogens with one attached hydrogen (secondary N) is 2. The molecule has 1 aliphatic rings. The molecule has 8 heteroatoms. The van der Waals surface area contributed by atoms with Crippen LogP contribution in [0.2, 0.25) is 0 Å². The van der Waals surface area contributed by atoms with Crippen molar-refractivity contribution in [3.05, 3.63) is 0 Å². The number of halogens is 3. The van der Waals surface area contributed by atoms with Crippen LogP contribution in [-0.2, 0) is 14.3 Å². The molecule has 0 aromatic carbocycles. The summed E-state index contributed by atoms with van der Waals surface area (Å²) in [4.78, 5) is 21.7. The molecule has 1 rings (SSSR count). The molecule has 0 aromatic heterocycles. The fourth-order valence-corrected chi connectivity index (χ4v) is 1.51. The fourth-order valence-electron chi connectivity index (χ4n) is 1.51. The van der Waals surface area contributed by atoms with Crippen molar-refractivity contribution in [2.45, 2.75) is 31.5 Å². The molecule has 0 radical (unpaired) electrons. The van der Waals surface area contributed by atoms with Gasteiger partial charge < -0.3 is 15.4 Å². The minimum Gasteiger partial charge on any atom is -0.376 e. The summed E-state index contributed by atoms with van der Waals surface area (Å²) in [6, 6.07) is 0. The van der Waals surface area contributed by atoms with Crippen molar-refractivity contribution in [2.24, 2.45) is 0 Å². The summed E-state index contributed by atoms with van der Waals surface area (Å²) in [5.74, 6) is -2.44. The molecule has 1 unspecified atom stereocenters. The summed E-state index contributed by atoms with van der Waals surface area (Å²) in [7, 11) is 0. The van der Waals surface area contributed by atoms with Gasteiger partial charge in [0.2, 0.25) is 5.91 Å². The Morgan fingerprint density at radius 1 is 1.28 bits per heavy atom. The van der Waals surface area contributed by atoms with E-state index in [1.54, 1.807) is 5.32 Å². The molecule has 0 aliphatic carbocycles. The third-order valence-corrected chi connectivity index (χ3v) is 2.45. The standard InChI is InChI=1S/C10H15F3N2O3/c11-10(12,13)9(17)14-4-3-8(16)15-6-7-2-1-5-18-7/h7H,1-6H2,(H,14,17)(H,15,16). The third-order valence-electron chi connectivity index (χ3n) is 2.45. The zero-order chi connectivity index (χ0) is 13.6. The van der Waals surface area contributed by atoms with Gasteiger partial charge in [-0.2, -0.15) is 13.2 Å². The molecule has 104 valence electrons. The van der Waals surface area contributed by atoms with Gasteiger partial charge in [0.25, 0.3) is 0 Å². The van der Waals surface area contributed by atoms with Gasteiger partial charge in [0.05, 0.1) is 6.10 Å². The van der Waals surface area contributed by atoms with Gasteiger partial charge in [0.15, 0.2) is 0 Å². The van der Waals surface area contributed by atoms with Crippen LogP contribution in [0.5, 0.6) is 0 Å². The molecule has 5 nitrogen and oxygen atoms in total. The van der Waals surface area contributed by atoms with Crippen LogP contribution >= 0.6 is 0 Å². The van der Waals surface area contributed by atoms with Crippen LogP contribution in [0.25, 0.3) is 0 Å². The van der Waals surface area contributed by atoms with Gasteiger partial charge in [-0.3, -0.25) is 9.59 Å². The molecular weight excluding hydrogens is 253 g/mol. The molecule has 1 fully saturated rings. The summed E-state index contributed by atoms with van der Waals surface area (Å²) < 4.78 is 40.6. The highest BCUT2D eigenvalue weighted by atomic mass is 19.4. The monoisotopic (exact) mass is 268 g/mol. The van der Waals surface area contributed by atoms with E-state index >= 15 is 0 Å². The van der Waals surface area contributed by atoms with Gasteiger partial charge in [0.1, 0.15) is 0 Å². The minimum absolute atomic E-state index is 0.0151. The predicted octanol–water partition coefficient (Wildman–Crippen LogP) is 0.350. The molecule has 0 saturated carbocycles. The number of rotatable bonds is 5. The van der Waals surface area contributed by atoms with E-state index in [2.05, 4.69) is 5.32 Å². The normalized spacial score (nSPS) is 19.6. The number of hydrogen-bond donors (Lipinski definition) is 2. The van der Waals surface area contributed by atoms with Crippen molar-refractivity contribution >= 4 is 11.8 Å². The second-order valence-electron chi connectivity index (χ2n) is 3.94. The fraction of sp³-hybridized carbons (Fsp3) is 0.800. The number of carbonyl (C=O) groups excluding carboxylic acids is 2. The molecule has 0 spiro atoms. The number of amides is 2. The summed E-state index contributed by atoms with van der Waals surface area (Å²) in [6.45, 7) is 0.684. The van der Waals surface area contributed by atoms with E-state index in [9.17, 15) is 22.8 Å². The van der Waals surface area contributed by atoms with Crippen molar-refractivity contribution in [1.82, 2.24) is 10.6 Å². The third kappa shape index (κ3) is 5.35. The van der Waals surface area contributed by atoms with E-state index in [-0.39, 0.29) is 19.1 Å². The first-order valence-electron chi connectivity index (χ1n) is 5.63. The predicted molar refractivity (Wildman–Crippen MR) is 55.7 cm³/mol. The summed E-state index contributed by atoms with van der Waals surface area (Å²) in [5, 5.41) is 4.17. The van der Waals surface area contributed by atoms with Gasteiger partial charge in [-0.05, 0) is 12.8 Å². The van der Waals surface area contributed by atoms with E-state index in [1.165, 1.54) is 0 Å². The maximum atomic E-state index is 11.8. The van der Waals surface area contributed by atoms with Crippen molar-refractivity contribution in [1.29, 1.82) is 0 Å². The van der Waals surface area contributed by atoms with Crippen molar-refractivity contribution < 1.29 is 27.5 Å². The topological polar surface area (TPSA) is 67.4 Å². The second-order valence-corrected chi connectivity index (χ2v) is 3.94. The van der Waals surface area contributed by atoms with Crippen molar-refractivity contribution in [3.63, 3.8) is 0 Å². The highest BCUT2D eigenvalue weighted by molar-refractivity contribution is 5.82. The Labute approximate surface area is 102 Å². The van der Waals surface area contributed by atoms with Gasteiger partial charge in [-0.1, -0.05) is 0 Å². The average Bonchev–Trinajstić information content (AvgIpc) is 2.77. The molecule has 2 amide bonds. The molecule has 0 aromatic rings. The molecule has 1 aliphatic heterocycles. The first-order chi connectivity index (χ1) is 8.39. The number of ether oxygens (including phenoxy) is 1. The Hall–Kier alpha value is -1.31. The van der Waals surface area contributed by atoms with Crippen LogP contribution in [0, 0.1) is 0 Å². The number of carbonyl (C=O) groups is 2. The highest BCUT2D eigenvalue weighted by Crippen LogP contribution is 2.13. The van der Waals surface area contributed by atoms with Gasteiger partial charge >= 0.3 is 12.1 Å². The lowest BCUT2D eigenvalue weighted by Gasteiger charge is -2.11. The molecule has 0 bridgehead atoms. The molecule has 2 N–H and O–H groups in total. The number of alkyl halides is 3. The smallest absolute Gasteiger partial charge is 0.376 e. The van der Waals surface area contributed by atoms with E-state index in [0.29, 0.717) is 13.2 Å². The summed E-state index contributed by atoms with van der Waals surface area (Å²) in [6.07, 6.45) is -3.30. The summed E-state index contributed by atoms with van der Waals surface area (Å²) in [5.41, 5.74) is 0. The highest BCUT2D eigenvalue weighted by Gasteiger charge is 2.38. The van der Waals surface area contributed by atoms with Crippen LogP contribution in [0.3, 0.4) is 0 Å². The maximum Gasteiger partial charge on any atom is 0.471 e. The Bertz CT molecular complexity index is 301. The SMILES string of the molecule is O=C(CCNC(=O)C(F)(F)F)NCC1CCCO1. The molecular formula is C10H15F3N2O3. The van der Waals surface area contributed by atoms with Gasteiger partial charge in [0, 0.05) is 26.1 Å². The lowest BCUT2D eigenvalue weighted by atomic mass is 10.2. The van der Waals surface area contributed by atoms with Crippen LogP contribution in [-0.4, -0.2) is 43.8 Å². The molecule has 1 saturated heterocycles. The van der Waals surface area contributed by atoms with Crippen molar-refractivity contribution in [2.75, 3.05) is 19.7 Å². The molecule has 1 atom stereocenters. The quantitative estimate of drug-likeness (QED) is 0.756. The van der Waals surface area contributed by atoms with E-state index in [4.69, 9.17) is 4.74 Å². The van der Waals surface area contributed by atoms with Crippen LogP contribution in [0.1, 0.15) is 19.3 Å². The lowest BCUT2D eigenvalue weighted by Crippen LogP contribution is -2.39.